The highest BCUT2D eigenvalue weighted by atomic mass is 79.9. The molecule has 2 amide bonds. The number of carbonyl (C=O) groups excluding carboxylic acids is 2. The van der Waals surface area contributed by atoms with Gasteiger partial charge in [0.1, 0.15) is 6.04 Å². The summed E-state index contributed by atoms with van der Waals surface area (Å²) in [6.45, 7) is 7.83. The van der Waals surface area contributed by atoms with E-state index < -0.39 is 0 Å². The monoisotopic (exact) mass is 346 g/mol. The van der Waals surface area contributed by atoms with Crippen molar-refractivity contribution in [2.75, 3.05) is 18.2 Å². The minimum Gasteiger partial charge on any atom is -0.350 e. The van der Waals surface area contributed by atoms with Crippen LogP contribution in [0, 0.1) is 0 Å². The van der Waals surface area contributed by atoms with Crippen molar-refractivity contribution in [1.82, 2.24) is 10.2 Å². The molecule has 1 atom stereocenters. The largest absolute Gasteiger partial charge is 0.350 e. The van der Waals surface area contributed by atoms with Crippen LogP contribution in [0.3, 0.4) is 0 Å². The van der Waals surface area contributed by atoms with E-state index in [-0.39, 0.29) is 17.9 Å². The molecule has 0 spiro atoms. The third kappa shape index (κ3) is 4.69. The van der Waals surface area contributed by atoms with Gasteiger partial charge < -0.3 is 10.2 Å². The summed E-state index contributed by atoms with van der Waals surface area (Å²) in [5, 5.41) is 2.77. The van der Waals surface area contributed by atoms with Crippen LogP contribution in [0.15, 0.2) is 22.7 Å². The number of hydrogen-bond acceptors (Lipinski definition) is 3. The molecule has 19 heavy (non-hydrogen) atoms. The van der Waals surface area contributed by atoms with E-state index in [4.69, 9.17) is 0 Å². The van der Waals surface area contributed by atoms with Crippen LogP contribution in [0.4, 0.5) is 0 Å². The predicted molar refractivity (Wildman–Crippen MR) is 83.1 cm³/mol. The lowest BCUT2D eigenvalue weighted by molar-refractivity contribution is -0.135. The highest BCUT2D eigenvalue weighted by Gasteiger charge is 2.34. The van der Waals surface area contributed by atoms with Crippen LogP contribution in [0.5, 0.6) is 0 Å². The first kappa shape index (κ1) is 16.3. The standard InChI is InChI=1S/C13H19BrN2O2S/c1-4-5-9(2)13(18)16-8-19-7-11(16)12(17)15-6-10(3)14/h5,11H,3-4,6-8H2,1-2H3,(H,15,17). The van der Waals surface area contributed by atoms with Gasteiger partial charge in [-0.1, -0.05) is 35.5 Å². The lowest BCUT2D eigenvalue weighted by Gasteiger charge is -2.23. The first-order valence-corrected chi connectivity index (χ1v) is 8.08. The van der Waals surface area contributed by atoms with E-state index in [1.165, 1.54) is 0 Å². The maximum absolute atomic E-state index is 12.2. The van der Waals surface area contributed by atoms with Gasteiger partial charge in [-0.3, -0.25) is 9.59 Å². The molecule has 0 saturated carbocycles. The Bertz CT molecular complexity index is 409. The fraction of sp³-hybridized carbons (Fsp3) is 0.538. The maximum atomic E-state index is 12.2. The van der Waals surface area contributed by atoms with E-state index in [0.717, 1.165) is 6.42 Å². The Morgan fingerprint density at radius 2 is 2.26 bits per heavy atom. The first-order chi connectivity index (χ1) is 8.97. The molecule has 1 saturated heterocycles. The number of hydrogen-bond donors (Lipinski definition) is 1. The van der Waals surface area contributed by atoms with Crippen molar-refractivity contribution >= 4 is 39.5 Å². The second-order valence-corrected chi connectivity index (χ2v) is 6.44. The number of nitrogens with one attached hydrogen (secondary N) is 1. The molecule has 106 valence electrons. The molecule has 4 nitrogen and oxygen atoms in total. The van der Waals surface area contributed by atoms with E-state index >= 15 is 0 Å². The lowest BCUT2D eigenvalue weighted by atomic mass is 10.2. The summed E-state index contributed by atoms with van der Waals surface area (Å²) in [6, 6.07) is -0.385. The molecule has 1 rings (SSSR count). The van der Waals surface area contributed by atoms with Gasteiger partial charge in [-0.25, -0.2) is 0 Å². The fourth-order valence-electron chi connectivity index (χ4n) is 1.78. The smallest absolute Gasteiger partial charge is 0.250 e. The van der Waals surface area contributed by atoms with E-state index in [1.807, 2.05) is 13.0 Å². The molecule has 1 unspecified atom stereocenters. The van der Waals surface area contributed by atoms with Gasteiger partial charge in [-0.05, 0) is 13.3 Å². The molecule has 0 radical (unpaired) electrons. The second-order valence-electron chi connectivity index (χ2n) is 4.32. The van der Waals surface area contributed by atoms with Crippen LogP contribution in [-0.4, -0.2) is 40.9 Å². The molecular weight excluding hydrogens is 328 g/mol. The maximum Gasteiger partial charge on any atom is 0.250 e. The number of thioether (sulfide) groups is 1. The summed E-state index contributed by atoms with van der Waals surface area (Å²) < 4.78 is 0.714. The Hall–Kier alpha value is -0.750. The van der Waals surface area contributed by atoms with Crippen LogP contribution in [-0.2, 0) is 9.59 Å². The van der Waals surface area contributed by atoms with Crippen molar-refractivity contribution in [3.8, 4) is 0 Å². The van der Waals surface area contributed by atoms with Gasteiger partial charge in [0.25, 0.3) is 5.91 Å². The zero-order chi connectivity index (χ0) is 14.4. The summed E-state index contributed by atoms with van der Waals surface area (Å²) in [7, 11) is 0. The summed E-state index contributed by atoms with van der Waals surface area (Å²) >= 11 is 4.79. The average molecular weight is 347 g/mol. The topological polar surface area (TPSA) is 49.4 Å². The lowest BCUT2D eigenvalue weighted by Crippen LogP contribution is -2.47. The molecule has 1 N–H and O–H groups in total. The van der Waals surface area contributed by atoms with Crippen LogP contribution in [0.2, 0.25) is 0 Å². The van der Waals surface area contributed by atoms with Gasteiger partial charge >= 0.3 is 0 Å². The van der Waals surface area contributed by atoms with Crippen molar-refractivity contribution in [1.29, 1.82) is 0 Å². The van der Waals surface area contributed by atoms with Gasteiger partial charge in [-0.2, -0.15) is 0 Å². The SMILES string of the molecule is C=C(Br)CNC(=O)C1CSCN1C(=O)C(C)=CCC. The number of amides is 2. The Morgan fingerprint density at radius 1 is 1.58 bits per heavy atom. The van der Waals surface area contributed by atoms with Crippen molar-refractivity contribution in [3.63, 3.8) is 0 Å². The molecule has 0 aromatic rings. The molecule has 0 aromatic heterocycles. The highest BCUT2D eigenvalue weighted by Crippen LogP contribution is 2.23. The minimum absolute atomic E-state index is 0.0512. The highest BCUT2D eigenvalue weighted by molar-refractivity contribution is 9.11. The van der Waals surface area contributed by atoms with Crippen molar-refractivity contribution < 1.29 is 9.59 Å². The van der Waals surface area contributed by atoms with E-state index in [2.05, 4.69) is 27.8 Å². The Balaban J connectivity index is 2.68. The van der Waals surface area contributed by atoms with Crippen LogP contribution in [0.25, 0.3) is 0 Å². The van der Waals surface area contributed by atoms with Gasteiger partial charge in [0.2, 0.25) is 5.91 Å². The van der Waals surface area contributed by atoms with Crippen molar-refractivity contribution in [2.45, 2.75) is 26.3 Å². The van der Waals surface area contributed by atoms with Crippen molar-refractivity contribution in [2.24, 2.45) is 0 Å². The third-order valence-electron chi connectivity index (χ3n) is 2.75. The minimum atomic E-state index is -0.385. The van der Waals surface area contributed by atoms with Crippen molar-refractivity contribution in [3.05, 3.63) is 22.7 Å². The third-order valence-corrected chi connectivity index (χ3v) is 4.04. The molecule has 1 heterocycles. The van der Waals surface area contributed by atoms with Gasteiger partial charge in [0, 0.05) is 22.4 Å². The molecule has 0 aromatic carbocycles. The summed E-state index contributed by atoms with van der Waals surface area (Å²) in [6.07, 6.45) is 2.71. The van der Waals surface area contributed by atoms with Gasteiger partial charge in [-0.15, -0.1) is 11.8 Å². The average Bonchev–Trinajstić information content (AvgIpc) is 2.84. The van der Waals surface area contributed by atoms with Crippen LogP contribution < -0.4 is 5.32 Å². The first-order valence-electron chi connectivity index (χ1n) is 6.13. The number of nitrogens with zero attached hydrogens (tertiary/aromatic N) is 1. The molecule has 1 aliphatic heterocycles. The molecule has 0 aliphatic carbocycles. The molecule has 1 fully saturated rings. The molecule has 1 aliphatic rings. The Kier molecular flexibility index (Phi) is 6.65. The van der Waals surface area contributed by atoms with Gasteiger partial charge in [0.15, 0.2) is 0 Å². The molecule has 0 bridgehead atoms. The zero-order valence-corrected chi connectivity index (χ0v) is 13.6. The summed E-state index contributed by atoms with van der Waals surface area (Å²) in [5.41, 5.74) is 0.702. The van der Waals surface area contributed by atoms with E-state index in [1.54, 1.807) is 23.6 Å². The summed E-state index contributed by atoms with van der Waals surface area (Å²) in [5.74, 6) is 1.04. The second kappa shape index (κ2) is 7.75. The number of carbonyl (C=O) groups is 2. The van der Waals surface area contributed by atoms with Crippen LogP contribution >= 0.6 is 27.7 Å². The zero-order valence-electron chi connectivity index (χ0n) is 11.2. The predicted octanol–water partition coefficient (Wildman–Crippen LogP) is 2.27. The Morgan fingerprint density at radius 3 is 2.84 bits per heavy atom. The number of rotatable bonds is 5. The van der Waals surface area contributed by atoms with E-state index in [0.29, 0.717) is 28.2 Å². The summed E-state index contributed by atoms with van der Waals surface area (Å²) in [4.78, 5) is 25.9. The van der Waals surface area contributed by atoms with E-state index in [9.17, 15) is 9.59 Å². The Labute approximate surface area is 126 Å². The number of halogens is 1. The quantitative estimate of drug-likeness (QED) is 0.777. The molecular formula is C13H19BrN2O2S. The normalized spacial score (nSPS) is 19.4. The van der Waals surface area contributed by atoms with Crippen LogP contribution in [0.1, 0.15) is 20.3 Å². The molecule has 6 heteroatoms. The number of allylic oxidation sites excluding steroid dienone is 1. The van der Waals surface area contributed by atoms with Gasteiger partial charge in [0.05, 0.1) is 5.88 Å². The fourth-order valence-corrected chi connectivity index (χ4v) is 3.07.